The maximum absolute atomic E-state index is 14.4. The number of Topliss-reactive ketones (excluding diaryl/α,β-unsaturated/α-hetero) is 1. The topological polar surface area (TPSA) is 171 Å². The number of carbonyl (C=O) groups is 5. The average Bonchev–Trinajstić information content (AvgIpc) is 3.83. The number of hydrogen-bond donors (Lipinski definition) is 4. The molecule has 2 aliphatic heterocycles. The van der Waals surface area contributed by atoms with Crippen molar-refractivity contribution in [2.24, 2.45) is 22.7 Å². The third-order valence-electron chi connectivity index (χ3n) is 11.6. The van der Waals surface area contributed by atoms with Crippen LogP contribution >= 0.6 is 0 Å². The third kappa shape index (κ3) is 7.20. The van der Waals surface area contributed by atoms with Crippen LogP contribution in [0.4, 0.5) is 4.79 Å². The molecule has 264 valence electrons. The van der Waals surface area contributed by atoms with E-state index in [1.807, 2.05) is 27.7 Å². The lowest BCUT2D eigenvalue weighted by Crippen LogP contribution is -2.67. The fourth-order valence-electron chi connectivity index (χ4n) is 8.36. The highest BCUT2D eigenvalue weighted by molar-refractivity contribution is 7.93. The van der Waals surface area contributed by atoms with Crippen LogP contribution in [0, 0.1) is 22.7 Å². The number of nitrogens with one attached hydrogen (secondary N) is 4. The molecule has 2 heterocycles. The van der Waals surface area contributed by atoms with Crippen molar-refractivity contribution in [3.05, 3.63) is 0 Å². The van der Waals surface area contributed by atoms with E-state index in [-0.39, 0.29) is 29.0 Å². The molecular weight excluding hydrogens is 622 g/mol. The van der Waals surface area contributed by atoms with Crippen LogP contribution in [0.1, 0.15) is 112 Å². The second kappa shape index (κ2) is 13.0. The van der Waals surface area contributed by atoms with Crippen LogP contribution in [-0.2, 0) is 29.0 Å². The quantitative estimate of drug-likeness (QED) is 0.230. The van der Waals surface area contributed by atoms with Crippen molar-refractivity contribution in [1.82, 2.24) is 26.2 Å². The first kappa shape index (κ1) is 35.6. The molecule has 0 bridgehead atoms. The SMILES string of the molecule is CCCC[C@H](NC(=O)[C@@H]1[C@H]2[C@@H](CN1C(=O)[C@@H](NC(=O)NC1([C@H]3CCS3(=O)=O)CCCCC1)C(C)(C)C)C2(C)C)C(=O)C(=O)NC1CC1. The van der Waals surface area contributed by atoms with E-state index >= 15 is 0 Å². The van der Waals surface area contributed by atoms with Gasteiger partial charge in [0.25, 0.3) is 5.91 Å². The van der Waals surface area contributed by atoms with Crippen molar-refractivity contribution in [2.45, 2.75) is 147 Å². The Hall–Kier alpha value is -2.70. The molecule has 2 saturated heterocycles. The molecule has 3 saturated carbocycles. The molecule has 0 radical (unpaired) electrons. The summed E-state index contributed by atoms with van der Waals surface area (Å²) in [6.45, 7) is 12.0. The standard InChI is InChI=1S/C34H55N5O7S/c1-7-8-12-22(26(40)29(42)35-20-13-14-20)36-28(41)25-24-21(33(24,5)6)19-39(25)30(43)27(32(2,3)4)37-31(44)38-34(16-10-9-11-17-34)23-15-18-47(23,45)46/h20-25,27H,7-19H2,1-6H3,(H,35,42)(H,36,41)(H2,37,38,44)/t21-,22+,23-,24-,25+,27-/m1/s1. The number of unbranched alkanes of at least 4 members (excludes halogenated alkanes) is 1. The summed E-state index contributed by atoms with van der Waals surface area (Å²) in [4.78, 5) is 69.5. The van der Waals surface area contributed by atoms with Gasteiger partial charge in [-0.1, -0.05) is 73.6 Å². The summed E-state index contributed by atoms with van der Waals surface area (Å²) in [6.07, 6.45) is 7.70. The Kier molecular flexibility index (Phi) is 9.82. The van der Waals surface area contributed by atoms with E-state index in [4.69, 9.17) is 0 Å². The fraction of sp³-hybridized carbons (Fsp3) is 0.853. The number of hydrogen-bond acceptors (Lipinski definition) is 7. The van der Waals surface area contributed by atoms with Crippen molar-refractivity contribution in [3.63, 3.8) is 0 Å². The molecular formula is C34H55N5O7S. The lowest BCUT2D eigenvalue weighted by Gasteiger charge is -2.47. The molecule has 6 atom stereocenters. The zero-order valence-corrected chi connectivity index (χ0v) is 29.8. The van der Waals surface area contributed by atoms with Gasteiger partial charge in [-0.25, -0.2) is 13.2 Å². The second-order valence-corrected chi connectivity index (χ2v) is 18.8. The van der Waals surface area contributed by atoms with Gasteiger partial charge in [0.15, 0.2) is 9.84 Å². The van der Waals surface area contributed by atoms with Gasteiger partial charge in [-0.2, -0.15) is 0 Å². The van der Waals surface area contributed by atoms with Crippen LogP contribution in [0.2, 0.25) is 0 Å². The molecule has 5 aliphatic rings. The predicted octanol–water partition coefficient (Wildman–Crippen LogP) is 2.60. The molecule has 0 spiro atoms. The number of urea groups is 1. The van der Waals surface area contributed by atoms with E-state index in [1.54, 1.807) is 4.90 Å². The highest BCUT2D eigenvalue weighted by atomic mass is 32.2. The largest absolute Gasteiger partial charge is 0.347 e. The maximum Gasteiger partial charge on any atom is 0.315 e. The van der Waals surface area contributed by atoms with E-state index in [0.29, 0.717) is 38.6 Å². The molecule has 0 aromatic rings. The van der Waals surface area contributed by atoms with Crippen LogP contribution in [0.25, 0.3) is 0 Å². The van der Waals surface area contributed by atoms with E-state index in [0.717, 1.165) is 38.5 Å². The minimum atomic E-state index is -3.28. The molecule has 4 N–H and O–H groups in total. The molecule has 5 fully saturated rings. The molecule has 5 amide bonds. The van der Waals surface area contributed by atoms with Gasteiger partial charge in [-0.05, 0) is 61.2 Å². The van der Waals surface area contributed by atoms with Crippen LogP contribution in [0.3, 0.4) is 0 Å². The summed E-state index contributed by atoms with van der Waals surface area (Å²) >= 11 is 0. The summed E-state index contributed by atoms with van der Waals surface area (Å²) in [5.41, 5.74) is -1.78. The van der Waals surface area contributed by atoms with Crippen molar-refractivity contribution in [1.29, 1.82) is 0 Å². The van der Waals surface area contributed by atoms with Crippen molar-refractivity contribution in [2.75, 3.05) is 12.3 Å². The molecule has 0 aromatic carbocycles. The summed E-state index contributed by atoms with van der Waals surface area (Å²) in [7, 11) is -3.28. The highest BCUT2D eigenvalue weighted by Gasteiger charge is 2.70. The Morgan fingerprint density at radius 3 is 2.15 bits per heavy atom. The van der Waals surface area contributed by atoms with Gasteiger partial charge in [0.1, 0.15) is 12.1 Å². The molecule has 0 aromatic heterocycles. The number of amides is 5. The Labute approximate surface area is 279 Å². The van der Waals surface area contributed by atoms with Gasteiger partial charge in [0.2, 0.25) is 17.6 Å². The Morgan fingerprint density at radius 1 is 0.957 bits per heavy atom. The zero-order chi connectivity index (χ0) is 34.5. The number of piperidine rings is 1. The number of nitrogens with zero attached hydrogens (tertiary/aromatic N) is 1. The fourth-order valence-corrected chi connectivity index (χ4v) is 10.2. The summed E-state index contributed by atoms with van der Waals surface area (Å²) in [5.74, 6) is -2.14. The van der Waals surface area contributed by atoms with Crippen LogP contribution in [0.5, 0.6) is 0 Å². The van der Waals surface area contributed by atoms with Crippen LogP contribution < -0.4 is 21.3 Å². The number of rotatable bonds is 12. The van der Waals surface area contributed by atoms with Crippen molar-refractivity contribution < 1.29 is 32.4 Å². The normalized spacial score (nSPS) is 29.7. The van der Waals surface area contributed by atoms with E-state index in [1.165, 1.54) is 0 Å². The van der Waals surface area contributed by atoms with Gasteiger partial charge < -0.3 is 26.2 Å². The lowest BCUT2D eigenvalue weighted by atomic mass is 9.78. The smallest absolute Gasteiger partial charge is 0.315 e. The average molecular weight is 678 g/mol. The van der Waals surface area contributed by atoms with Crippen LogP contribution in [-0.4, -0.2) is 90.1 Å². The van der Waals surface area contributed by atoms with Gasteiger partial charge in [-0.15, -0.1) is 0 Å². The van der Waals surface area contributed by atoms with Crippen molar-refractivity contribution in [3.8, 4) is 0 Å². The third-order valence-corrected chi connectivity index (χ3v) is 13.9. The molecule has 3 aliphatic carbocycles. The van der Waals surface area contributed by atoms with Crippen molar-refractivity contribution >= 4 is 39.4 Å². The van der Waals surface area contributed by atoms with Gasteiger partial charge in [0, 0.05) is 12.6 Å². The molecule has 13 heteroatoms. The number of likely N-dealkylation sites (tertiary alicyclic amines) is 1. The van der Waals surface area contributed by atoms with E-state index in [9.17, 15) is 32.4 Å². The van der Waals surface area contributed by atoms with Gasteiger partial charge in [-0.3, -0.25) is 19.2 Å². The first-order chi connectivity index (χ1) is 21.9. The minimum Gasteiger partial charge on any atom is -0.347 e. The predicted molar refractivity (Wildman–Crippen MR) is 177 cm³/mol. The Morgan fingerprint density at radius 2 is 1.62 bits per heavy atom. The monoisotopic (exact) mass is 677 g/mol. The first-order valence-corrected chi connectivity index (χ1v) is 19.4. The second-order valence-electron chi connectivity index (χ2n) is 16.5. The minimum absolute atomic E-state index is 0.00934. The Balaban J connectivity index is 1.33. The van der Waals surface area contributed by atoms with E-state index < -0.39 is 73.7 Å². The summed E-state index contributed by atoms with van der Waals surface area (Å²) < 4.78 is 25.4. The maximum atomic E-state index is 14.4. The number of fused-ring (bicyclic) bond motifs is 1. The zero-order valence-electron chi connectivity index (χ0n) is 28.9. The number of ketones is 1. The summed E-state index contributed by atoms with van der Waals surface area (Å²) in [6, 6.07) is -3.42. The van der Waals surface area contributed by atoms with Crippen LogP contribution in [0.15, 0.2) is 0 Å². The highest BCUT2D eigenvalue weighted by Crippen LogP contribution is 2.65. The first-order valence-electron chi connectivity index (χ1n) is 17.7. The Bertz CT molecular complexity index is 1380. The molecule has 47 heavy (non-hydrogen) atoms. The lowest BCUT2D eigenvalue weighted by molar-refractivity contribution is -0.145. The number of sulfone groups is 1. The molecule has 0 unspecified atom stereocenters. The van der Waals surface area contributed by atoms with Gasteiger partial charge >= 0.3 is 6.03 Å². The van der Waals surface area contributed by atoms with E-state index in [2.05, 4.69) is 35.1 Å². The molecule has 12 nitrogen and oxygen atoms in total. The number of carbonyl (C=O) groups excluding carboxylic acids is 5. The van der Waals surface area contributed by atoms with Gasteiger partial charge in [0.05, 0.1) is 22.6 Å². The molecule has 5 rings (SSSR count). The summed E-state index contributed by atoms with van der Waals surface area (Å²) in [5, 5.41) is 10.9.